The summed E-state index contributed by atoms with van der Waals surface area (Å²) in [5, 5.41) is 38.2. The second-order valence-corrected chi connectivity index (χ2v) is 7.84. The normalized spacial score (nSPS) is 10.2. The van der Waals surface area contributed by atoms with Crippen molar-refractivity contribution >= 4 is 24.4 Å². The van der Waals surface area contributed by atoms with E-state index in [1.807, 2.05) is 52.0 Å². The monoisotopic (exact) mass is 543 g/mol. The predicted octanol–water partition coefficient (Wildman–Crippen LogP) is 2.28. The van der Waals surface area contributed by atoms with E-state index in [-0.39, 0.29) is 16.8 Å². The second-order valence-electron chi connectivity index (χ2n) is 7.84. The molecular weight excluding hydrogens is 507 g/mol. The number of carbonyl (C=O) groups excluding carboxylic acids is 2. The molecule has 0 aromatic heterocycles. The Hall–Kier alpha value is -3.17. The van der Waals surface area contributed by atoms with Crippen LogP contribution >= 0.6 is 0 Å². The smallest absolute Gasteiger partial charge is 0.550 e. The molecule has 0 atom stereocenters. The van der Waals surface area contributed by atoms with Gasteiger partial charge in [-0.25, -0.2) is 0 Å². The Morgan fingerprint density at radius 1 is 0.778 bits per heavy atom. The first-order valence-electron chi connectivity index (χ1n) is 11.4. The van der Waals surface area contributed by atoms with Gasteiger partial charge in [-0.15, -0.1) is 0 Å². The molecule has 1 radical (unpaired) electrons. The summed E-state index contributed by atoms with van der Waals surface area (Å²) in [5.41, 5.74) is 5.69. The Balaban J connectivity index is 0. The molecule has 0 spiro atoms. The van der Waals surface area contributed by atoms with Crippen LogP contribution in [-0.2, 0) is 39.2 Å². The van der Waals surface area contributed by atoms with Gasteiger partial charge in [0, 0.05) is 48.6 Å². The van der Waals surface area contributed by atoms with Crippen molar-refractivity contribution in [3.63, 3.8) is 0 Å². The van der Waals surface area contributed by atoms with Crippen molar-refractivity contribution in [3.05, 3.63) is 57.6 Å². The molecule has 2 aromatic rings. The summed E-state index contributed by atoms with van der Waals surface area (Å²) in [6, 6.07) is 7.90. The Labute approximate surface area is 224 Å². The van der Waals surface area contributed by atoms with E-state index in [9.17, 15) is 10.2 Å². The van der Waals surface area contributed by atoms with Crippen molar-refractivity contribution in [3.8, 4) is 11.5 Å². The van der Waals surface area contributed by atoms with Crippen LogP contribution in [0, 0.1) is 13.8 Å². The Bertz CT molecular complexity index is 946. The molecule has 2 rings (SSSR count). The van der Waals surface area contributed by atoms with Gasteiger partial charge in [0.2, 0.25) is 0 Å². The summed E-state index contributed by atoms with van der Waals surface area (Å²) in [5.74, 6) is -1.52. The van der Waals surface area contributed by atoms with E-state index < -0.39 is 11.9 Å². The predicted molar refractivity (Wildman–Crippen MR) is 135 cm³/mol. The van der Waals surface area contributed by atoms with Gasteiger partial charge in [0.1, 0.15) is 11.5 Å². The molecule has 2 N–H and O–H groups in total. The zero-order chi connectivity index (χ0) is 27.0. The molecular formula is C27H36CoN2O6. The molecule has 0 aliphatic heterocycles. The maximum atomic E-state index is 10.2. The molecule has 2 aromatic carbocycles. The number of aromatic hydroxyl groups is 2. The van der Waals surface area contributed by atoms with Crippen LogP contribution in [0.3, 0.4) is 0 Å². The van der Waals surface area contributed by atoms with Crippen LogP contribution in [0.1, 0.15) is 67.5 Å². The van der Waals surface area contributed by atoms with Crippen molar-refractivity contribution in [2.24, 2.45) is 9.98 Å². The van der Waals surface area contributed by atoms with Crippen molar-refractivity contribution in [1.82, 2.24) is 0 Å². The third-order valence-corrected chi connectivity index (χ3v) is 4.52. The fraction of sp³-hybridized carbons (Fsp3) is 0.407. The van der Waals surface area contributed by atoms with Crippen LogP contribution in [0.5, 0.6) is 11.5 Å². The minimum Gasteiger partial charge on any atom is -0.550 e. The minimum absolute atomic E-state index is 0. The quantitative estimate of drug-likeness (QED) is 0.386. The average Bonchev–Trinajstić information content (AvgIpc) is 2.76. The number of phenolic OH excluding ortho intramolecular Hbond substituents is 2. The van der Waals surface area contributed by atoms with Gasteiger partial charge >= 0.3 is 16.8 Å². The summed E-state index contributed by atoms with van der Waals surface area (Å²) >= 11 is 0. The van der Waals surface area contributed by atoms with Crippen molar-refractivity contribution < 1.29 is 46.8 Å². The summed E-state index contributed by atoms with van der Waals surface area (Å²) in [6.45, 7) is 11.3. The second kappa shape index (κ2) is 19.1. The van der Waals surface area contributed by atoms with Crippen LogP contribution in [0.2, 0.25) is 0 Å². The van der Waals surface area contributed by atoms with Gasteiger partial charge < -0.3 is 30.0 Å². The zero-order valence-electron chi connectivity index (χ0n) is 21.8. The third kappa shape index (κ3) is 15.0. The fourth-order valence-corrected chi connectivity index (χ4v) is 3.08. The minimum atomic E-state index is -1.08. The van der Waals surface area contributed by atoms with Gasteiger partial charge in [0.15, 0.2) is 0 Å². The summed E-state index contributed by atoms with van der Waals surface area (Å²) in [6.07, 6.45) is 5.90. The number of carbonyl (C=O) groups is 2. The number of aryl methyl sites for hydroxylation is 4. The molecule has 0 fully saturated rings. The number of carboxylic acid groups (broad SMARTS) is 2. The molecule has 36 heavy (non-hydrogen) atoms. The number of hydrogen-bond donors (Lipinski definition) is 2. The molecule has 0 unspecified atom stereocenters. The number of benzene rings is 2. The van der Waals surface area contributed by atoms with Crippen LogP contribution in [0.15, 0.2) is 34.3 Å². The number of carboxylic acids is 2. The molecule has 0 saturated heterocycles. The standard InChI is InChI=1S/C23H30N2O2.2C2H4O2.Co/c1-5-18-10-16(3)12-20(22(18)26)14-24-8-7-9-25-15-21-13-17(4)11-19(6-2)23(21)27;2*1-2(3)4;/h10-15,26-27H,5-9H2,1-4H3;2*1H3,(H,3,4);/q;;;+2/p-2. The Morgan fingerprint density at radius 2 is 1.08 bits per heavy atom. The molecule has 199 valence electrons. The van der Waals surface area contributed by atoms with Gasteiger partial charge in [-0.1, -0.05) is 26.0 Å². The molecule has 8 nitrogen and oxygen atoms in total. The third-order valence-electron chi connectivity index (χ3n) is 4.52. The SMILES string of the molecule is CC(=O)[O-].CC(=O)[O-].CCc1cc(C)cc(C=NCCCN=Cc2cc(C)cc(CC)c2O)c1O.[Co+2]. The first-order chi connectivity index (χ1) is 16.4. The molecule has 9 heteroatoms. The topological polar surface area (TPSA) is 145 Å². The largest absolute Gasteiger partial charge is 2.00 e. The van der Waals surface area contributed by atoms with E-state index in [0.29, 0.717) is 24.6 Å². The molecule has 0 amide bonds. The van der Waals surface area contributed by atoms with Gasteiger partial charge in [0.05, 0.1) is 0 Å². The van der Waals surface area contributed by atoms with E-state index in [4.69, 9.17) is 19.8 Å². The molecule has 0 aliphatic carbocycles. The Kier molecular flexibility index (Phi) is 18.5. The van der Waals surface area contributed by atoms with Crippen molar-refractivity contribution in [2.45, 2.75) is 60.8 Å². The number of nitrogens with zero attached hydrogens (tertiary/aromatic N) is 2. The van der Waals surface area contributed by atoms with E-state index in [0.717, 1.165) is 66.5 Å². The number of aliphatic imine (C=N–C) groups is 2. The van der Waals surface area contributed by atoms with E-state index in [1.165, 1.54) is 0 Å². The molecule has 0 heterocycles. The summed E-state index contributed by atoms with van der Waals surface area (Å²) in [4.78, 5) is 26.6. The van der Waals surface area contributed by atoms with Crippen LogP contribution in [0.4, 0.5) is 0 Å². The van der Waals surface area contributed by atoms with Crippen molar-refractivity contribution in [2.75, 3.05) is 13.1 Å². The number of phenols is 2. The maximum Gasteiger partial charge on any atom is 2.00 e. The van der Waals surface area contributed by atoms with Gasteiger partial charge in [-0.3, -0.25) is 9.98 Å². The summed E-state index contributed by atoms with van der Waals surface area (Å²) in [7, 11) is 0. The van der Waals surface area contributed by atoms with Crippen molar-refractivity contribution in [1.29, 1.82) is 0 Å². The maximum absolute atomic E-state index is 10.2. The first kappa shape index (κ1) is 35.0. The van der Waals surface area contributed by atoms with E-state index in [1.54, 1.807) is 12.4 Å². The van der Waals surface area contributed by atoms with Gasteiger partial charge in [-0.05, 0) is 81.3 Å². The molecule has 0 saturated carbocycles. The van der Waals surface area contributed by atoms with E-state index >= 15 is 0 Å². The fourth-order valence-electron chi connectivity index (χ4n) is 3.08. The first-order valence-corrected chi connectivity index (χ1v) is 11.4. The Morgan fingerprint density at radius 3 is 1.36 bits per heavy atom. The number of aliphatic carboxylic acids is 2. The van der Waals surface area contributed by atoms with E-state index in [2.05, 4.69) is 9.98 Å². The van der Waals surface area contributed by atoms with Crippen LogP contribution < -0.4 is 10.2 Å². The molecule has 0 aliphatic rings. The van der Waals surface area contributed by atoms with Crippen LogP contribution in [0.25, 0.3) is 0 Å². The van der Waals surface area contributed by atoms with Gasteiger partial charge in [0.25, 0.3) is 0 Å². The van der Waals surface area contributed by atoms with Crippen LogP contribution in [-0.4, -0.2) is 47.7 Å². The molecule has 0 bridgehead atoms. The number of rotatable bonds is 8. The number of hydrogen-bond acceptors (Lipinski definition) is 8. The van der Waals surface area contributed by atoms with Gasteiger partial charge in [-0.2, -0.15) is 0 Å². The zero-order valence-corrected chi connectivity index (χ0v) is 22.8. The summed E-state index contributed by atoms with van der Waals surface area (Å²) < 4.78 is 0. The average molecular weight is 544 g/mol.